The fourth-order valence-corrected chi connectivity index (χ4v) is 3.37. The summed E-state index contributed by atoms with van der Waals surface area (Å²) < 4.78 is 11.4. The van der Waals surface area contributed by atoms with Crippen molar-refractivity contribution in [1.29, 1.82) is 5.26 Å². The van der Waals surface area contributed by atoms with Crippen LogP contribution in [0.25, 0.3) is 0 Å². The van der Waals surface area contributed by atoms with Gasteiger partial charge in [-0.2, -0.15) is 5.26 Å². The van der Waals surface area contributed by atoms with Crippen molar-refractivity contribution in [2.45, 2.75) is 12.3 Å². The molecule has 0 aromatic heterocycles. The standard InChI is InChI=1S/C24H18N2O5/c25-14-16-12-20-19(24(28)29)10-11-30-22(20)13-21(16)31-18-8-6-15(7-9-18)23(27)26-17-4-2-1-3-5-17/h1-9,12-13,19H,10-11H2,(H,26,27)(H,28,29)/t19-/m0/s1. The Bertz CT molecular complexity index is 1170. The van der Waals surface area contributed by atoms with Crippen molar-refractivity contribution < 1.29 is 24.2 Å². The van der Waals surface area contributed by atoms with E-state index in [0.29, 0.717) is 34.7 Å². The number of nitrogens with zero attached hydrogens (tertiary/aromatic N) is 1. The van der Waals surface area contributed by atoms with Crippen LogP contribution >= 0.6 is 0 Å². The second-order valence-electron chi connectivity index (χ2n) is 6.97. The lowest BCUT2D eigenvalue weighted by molar-refractivity contribution is -0.139. The average Bonchev–Trinajstić information content (AvgIpc) is 2.79. The number of anilines is 1. The molecule has 3 aromatic carbocycles. The summed E-state index contributed by atoms with van der Waals surface area (Å²) in [5, 5.41) is 21.7. The number of carbonyl (C=O) groups excluding carboxylic acids is 1. The van der Waals surface area contributed by atoms with Gasteiger partial charge in [0.25, 0.3) is 5.91 Å². The van der Waals surface area contributed by atoms with Crippen molar-refractivity contribution in [2.24, 2.45) is 0 Å². The molecule has 0 aliphatic carbocycles. The maximum Gasteiger partial charge on any atom is 0.311 e. The second-order valence-corrected chi connectivity index (χ2v) is 6.97. The molecule has 1 aliphatic rings. The fraction of sp³-hybridized carbons (Fsp3) is 0.125. The van der Waals surface area contributed by atoms with Gasteiger partial charge in [-0.1, -0.05) is 18.2 Å². The normalized spacial score (nSPS) is 14.5. The summed E-state index contributed by atoms with van der Waals surface area (Å²) >= 11 is 0. The smallest absolute Gasteiger partial charge is 0.311 e. The van der Waals surface area contributed by atoms with Crippen molar-refractivity contribution in [3.63, 3.8) is 0 Å². The monoisotopic (exact) mass is 414 g/mol. The lowest BCUT2D eigenvalue weighted by Gasteiger charge is -2.24. The van der Waals surface area contributed by atoms with E-state index in [1.54, 1.807) is 42.5 Å². The molecule has 154 valence electrons. The Balaban J connectivity index is 1.53. The molecular formula is C24H18N2O5. The number of para-hydroxylation sites is 1. The summed E-state index contributed by atoms with van der Waals surface area (Å²) in [6, 6.07) is 20.7. The Hall–Kier alpha value is -4.31. The zero-order chi connectivity index (χ0) is 21.8. The van der Waals surface area contributed by atoms with Gasteiger partial charge in [-0.05, 0) is 48.9 Å². The third kappa shape index (κ3) is 4.33. The van der Waals surface area contributed by atoms with E-state index < -0.39 is 11.9 Å². The molecule has 1 atom stereocenters. The molecule has 0 saturated heterocycles. The number of carboxylic acid groups (broad SMARTS) is 1. The topological polar surface area (TPSA) is 109 Å². The number of fused-ring (bicyclic) bond motifs is 1. The SMILES string of the molecule is N#Cc1cc2c(cc1Oc1ccc(C(=O)Nc3ccccc3)cc1)OCC[C@@H]2C(=O)O. The number of rotatable bonds is 5. The molecule has 7 nitrogen and oxygen atoms in total. The first-order chi connectivity index (χ1) is 15.0. The van der Waals surface area contributed by atoms with Gasteiger partial charge in [0.1, 0.15) is 23.3 Å². The van der Waals surface area contributed by atoms with E-state index in [4.69, 9.17) is 9.47 Å². The summed E-state index contributed by atoms with van der Waals surface area (Å²) in [7, 11) is 0. The first-order valence-corrected chi connectivity index (χ1v) is 9.63. The van der Waals surface area contributed by atoms with Gasteiger partial charge in [0.15, 0.2) is 0 Å². The number of ether oxygens (including phenoxy) is 2. The van der Waals surface area contributed by atoms with Crippen LogP contribution in [0.3, 0.4) is 0 Å². The number of benzene rings is 3. The first kappa shape index (κ1) is 20.0. The van der Waals surface area contributed by atoms with Gasteiger partial charge in [0.05, 0.1) is 18.1 Å². The van der Waals surface area contributed by atoms with Crippen LogP contribution in [0.1, 0.15) is 33.8 Å². The highest BCUT2D eigenvalue weighted by Crippen LogP contribution is 2.39. The number of hydrogen-bond donors (Lipinski definition) is 2. The summed E-state index contributed by atoms with van der Waals surface area (Å²) in [5.41, 5.74) is 1.83. The predicted octanol–water partition coefficient (Wildman–Crippen LogP) is 4.55. The maximum absolute atomic E-state index is 12.4. The van der Waals surface area contributed by atoms with Crippen molar-refractivity contribution in [1.82, 2.24) is 0 Å². The predicted molar refractivity (Wildman–Crippen MR) is 113 cm³/mol. The molecule has 0 fully saturated rings. The van der Waals surface area contributed by atoms with Crippen LogP contribution in [0.15, 0.2) is 66.7 Å². The molecule has 1 heterocycles. The maximum atomic E-state index is 12.4. The van der Waals surface area contributed by atoms with E-state index in [1.807, 2.05) is 24.3 Å². The van der Waals surface area contributed by atoms with Crippen LogP contribution in [-0.4, -0.2) is 23.6 Å². The van der Waals surface area contributed by atoms with Crippen molar-refractivity contribution in [3.05, 3.63) is 83.4 Å². The largest absolute Gasteiger partial charge is 0.493 e. The molecule has 1 amide bonds. The summed E-state index contributed by atoms with van der Waals surface area (Å²) in [5.74, 6) is -0.838. The zero-order valence-electron chi connectivity index (χ0n) is 16.4. The minimum Gasteiger partial charge on any atom is -0.493 e. The quantitative estimate of drug-likeness (QED) is 0.634. The molecule has 0 bridgehead atoms. The molecule has 0 saturated carbocycles. The number of hydrogen-bond acceptors (Lipinski definition) is 5. The minimum absolute atomic E-state index is 0.210. The third-order valence-electron chi connectivity index (χ3n) is 4.95. The molecule has 1 aliphatic heterocycles. The number of nitriles is 1. The highest BCUT2D eigenvalue weighted by molar-refractivity contribution is 6.04. The Kier molecular flexibility index (Phi) is 5.54. The number of aliphatic carboxylic acids is 1. The zero-order valence-corrected chi connectivity index (χ0v) is 16.4. The van der Waals surface area contributed by atoms with E-state index >= 15 is 0 Å². The van der Waals surface area contributed by atoms with Crippen LogP contribution in [0.2, 0.25) is 0 Å². The Morgan fingerprint density at radius 1 is 1.10 bits per heavy atom. The summed E-state index contributed by atoms with van der Waals surface area (Å²) in [6.07, 6.45) is 0.347. The van der Waals surface area contributed by atoms with Crippen LogP contribution in [0.4, 0.5) is 5.69 Å². The highest BCUT2D eigenvalue weighted by Gasteiger charge is 2.29. The highest BCUT2D eigenvalue weighted by atomic mass is 16.5. The lowest BCUT2D eigenvalue weighted by Crippen LogP contribution is -2.21. The molecule has 0 radical (unpaired) electrons. The molecule has 31 heavy (non-hydrogen) atoms. The molecule has 4 rings (SSSR count). The van der Waals surface area contributed by atoms with E-state index in [-0.39, 0.29) is 23.8 Å². The van der Waals surface area contributed by atoms with Gasteiger partial charge in [0.2, 0.25) is 0 Å². The molecular weight excluding hydrogens is 396 g/mol. The summed E-state index contributed by atoms with van der Waals surface area (Å²) in [4.78, 5) is 23.9. The van der Waals surface area contributed by atoms with Gasteiger partial charge >= 0.3 is 5.97 Å². The Morgan fingerprint density at radius 2 is 1.84 bits per heavy atom. The van der Waals surface area contributed by atoms with Crippen LogP contribution in [0, 0.1) is 11.3 Å². The van der Waals surface area contributed by atoms with E-state index in [1.165, 1.54) is 6.07 Å². The van der Waals surface area contributed by atoms with Crippen LogP contribution in [-0.2, 0) is 4.79 Å². The first-order valence-electron chi connectivity index (χ1n) is 9.63. The van der Waals surface area contributed by atoms with Crippen molar-refractivity contribution in [2.75, 3.05) is 11.9 Å². The number of carboxylic acids is 1. The molecule has 2 N–H and O–H groups in total. The number of carbonyl (C=O) groups is 2. The van der Waals surface area contributed by atoms with Gasteiger partial charge < -0.3 is 19.9 Å². The lowest BCUT2D eigenvalue weighted by atomic mass is 9.91. The minimum atomic E-state index is -0.952. The Morgan fingerprint density at radius 3 is 2.52 bits per heavy atom. The third-order valence-corrected chi connectivity index (χ3v) is 4.95. The number of nitrogens with one attached hydrogen (secondary N) is 1. The van der Waals surface area contributed by atoms with E-state index in [0.717, 1.165) is 0 Å². The van der Waals surface area contributed by atoms with Gasteiger partial charge in [-0.15, -0.1) is 0 Å². The van der Waals surface area contributed by atoms with Crippen molar-refractivity contribution >= 4 is 17.6 Å². The molecule has 0 unspecified atom stereocenters. The van der Waals surface area contributed by atoms with Crippen LogP contribution in [0.5, 0.6) is 17.2 Å². The second kappa shape index (κ2) is 8.59. The van der Waals surface area contributed by atoms with E-state index in [9.17, 15) is 20.0 Å². The average molecular weight is 414 g/mol. The Labute approximate surface area is 178 Å². The van der Waals surface area contributed by atoms with Crippen molar-refractivity contribution in [3.8, 4) is 23.3 Å². The molecule has 0 spiro atoms. The van der Waals surface area contributed by atoms with Gasteiger partial charge in [0, 0.05) is 22.9 Å². The molecule has 3 aromatic rings. The van der Waals surface area contributed by atoms with E-state index in [2.05, 4.69) is 5.32 Å². The summed E-state index contributed by atoms with van der Waals surface area (Å²) in [6.45, 7) is 0.278. The number of amides is 1. The molecule has 7 heteroatoms. The van der Waals surface area contributed by atoms with Crippen LogP contribution < -0.4 is 14.8 Å². The van der Waals surface area contributed by atoms with Gasteiger partial charge in [-0.3, -0.25) is 9.59 Å². The fourth-order valence-electron chi connectivity index (χ4n) is 3.37. The van der Waals surface area contributed by atoms with Gasteiger partial charge in [-0.25, -0.2) is 0 Å².